The molecule has 2 aromatic heterocycles. The van der Waals surface area contributed by atoms with Gasteiger partial charge < -0.3 is 13.6 Å². The zero-order chi connectivity index (χ0) is 19.4. The summed E-state index contributed by atoms with van der Waals surface area (Å²) in [5.41, 5.74) is -0.321. The number of carbonyl (C=O) groups excluding carboxylic acids is 2. The zero-order valence-corrected chi connectivity index (χ0v) is 15.6. The van der Waals surface area contributed by atoms with Gasteiger partial charge >= 0.3 is 5.97 Å². The molecular weight excluding hydrogens is 350 g/mol. The van der Waals surface area contributed by atoms with Crippen LogP contribution in [0.4, 0.5) is 0 Å². The van der Waals surface area contributed by atoms with Crippen LogP contribution in [0.2, 0.25) is 0 Å². The van der Waals surface area contributed by atoms with Crippen LogP contribution in [0.3, 0.4) is 0 Å². The Bertz CT molecular complexity index is 809. The first kappa shape index (κ1) is 18.9. The van der Waals surface area contributed by atoms with Gasteiger partial charge in [0.05, 0.1) is 25.7 Å². The van der Waals surface area contributed by atoms with Crippen LogP contribution >= 0.6 is 0 Å². The molecule has 1 unspecified atom stereocenters. The summed E-state index contributed by atoms with van der Waals surface area (Å²) in [6.07, 6.45) is 3.60. The van der Waals surface area contributed by atoms with Crippen molar-refractivity contribution < 1.29 is 23.2 Å². The Kier molecular flexibility index (Phi) is 5.46. The summed E-state index contributed by atoms with van der Waals surface area (Å²) >= 11 is 0. The lowest BCUT2D eigenvalue weighted by Gasteiger charge is -2.26. The number of esters is 1. The van der Waals surface area contributed by atoms with Crippen molar-refractivity contribution in [3.8, 4) is 0 Å². The zero-order valence-electron chi connectivity index (χ0n) is 15.6. The van der Waals surface area contributed by atoms with E-state index < -0.39 is 11.5 Å². The smallest absolute Gasteiger partial charge is 0.325 e. The Balaban J connectivity index is 1.74. The van der Waals surface area contributed by atoms with E-state index in [-0.39, 0.29) is 25.1 Å². The van der Waals surface area contributed by atoms with Gasteiger partial charge in [-0.2, -0.15) is 5.10 Å². The highest BCUT2D eigenvalue weighted by molar-refractivity contribution is 6.01. The van der Waals surface area contributed by atoms with E-state index in [2.05, 4.69) is 10.4 Å². The molecule has 27 heavy (non-hydrogen) atoms. The Morgan fingerprint density at radius 2 is 2.04 bits per heavy atom. The molecule has 3 heterocycles. The maximum Gasteiger partial charge on any atom is 0.325 e. The molecule has 0 radical (unpaired) electrons. The number of carbonyl (C=O) groups is 2. The fourth-order valence-electron chi connectivity index (χ4n) is 2.80. The summed E-state index contributed by atoms with van der Waals surface area (Å²) in [5, 5.41) is 8.77. The van der Waals surface area contributed by atoms with Crippen LogP contribution in [0.15, 0.2) is 50.7 Å². The van der Waals surface area contributed by atoms with Crippen LogP contribution < -0.4 is 5.32 Å². The molecule has 1 N–H and O–H groups in total. The fourth-order valence-corrected chi connectivity index (χ4v) is 2.80. The van der Waals surface area contributed by atoms with Crippen molar-refractivity contribution in [3.63, 3.8) is 0 Å². The van der Waals surface area contributed by atoms with Crippen LogP contribution in [0.1, 0.15) is 44.8 Å². The molecule has 1 aliphatic rings. The van der Waals surface area contributed by atoms with Gasteiger partial charge in [-0.3, -0.25) is 14.9 Å². The number of hydrogen-bond acceptors (Lipinski definition) is 7. The first-order valence-electron chi connectivity index (χ1n) is 8.81. The predicted molar refractivity (Wildman–Crippen MR) is 96.9 cm³/mol. The molecule has 8 heteroatoms. The van der Waals surface area contributed by atoms with E-state index in [0.717, 1.165) is 0 Å². The standard InChI is InChI=1S/C19H23N3O5/c1-4-25-18(24)19(2,3)20-12-17(23)22-14(16-8-6-10-27-16)11-13(21-22)15-7-5-9-26-15/h5-10,14,20H,4,11-12H2,1-3H3. The molecule has 0 saturated heterocycles. The minimum absolute atomic E-state index is 0.0715. The molecule has 144 valence electrons. The molecule has 1 atom stereocenters. The quantitative estimate of drug-likeness (QED) is 0.749. The van der Waals surface area contributed by atoms with Crippen LogP contribution in [0.5, 0.6) is 0 Å². The average molecular weight is 373 g/mol. The number of hydrogen-bond donors (Lipinski definition) is 1. The second-order valence-corrected chi connectivity index (χ2v) is 6.70. The highest BCUT2D eigenvalue weighted by Gasteiger charge is 2.37. The number of nitrogens with one attached hydrogen (secondary N) is 1. The summed E-state index contributed by atoms with van der Waals surface area (Å²) in [7, 11) is 0. The number of furan rings is 2. The number of ether oxygens (including phenoxy) is 1. The molecule has 1 amide bonds. The molecule has 0 aromatic carbocycles. The maximum absolute atomic E-state index is 12.8. The van der Waals surface area contributed by atoms with Gasteiger partial charge in [-0.1, -0.05) is 0 Å². The lowest BCUT2D eigenvalue weighted by atomic mass is 10.1. The first-order valence-corrected chi connectivity index (χ1v) is 8.81. The lowest BCUT2D eigenvalue weighted by molar-refractivity contribution is -0.150. The summed E-state index contributed by atoms with van der Waals surface area (Å²) < 4.78 is 15.9. The predicted octanol–water partition coefficient (Wildman–Crippen LogP) is 2.48. The number of amides is 1. The van der Waals surface area contributed by atoms with Crippen molar-refractivity contribution in [1.82, 2.24) is 10.3 Å². The first-order chi connectivity index (χ1) is 12.9. The molecule has 1 aliphatic heterocycles. The van der Waals surface area contributed by atoms with E-state index >= 15 is 0 Å². The van der Waals surface area contributed by atoms with Gasteiger partial charge in [-0.05, 0) is 45.0 Å². The van der Waals surface area contributed by atoms with Crippen LogP contribution in [0, 0.1) is 0 Å². The number of hydrazone groups is 1. The Hall–Kier alpha value is -2.87. The van der Waals surface area contributed by atoms with Gasteiger partial charge in [-0.25, -0.2) is 5.01 Å². The molecule has 2 aromatic rings. The summed E-state index contributed by atoms with van der Waals surface area (Å²) in [6.45, 7) is 5.29. The molecular formula is C19H23N3O5. The van der Waals surface area contributed by atoms with E-state index in [1.807, 2.05) is 6.07 Å². The van der Waals surface area contributed by atoms with Crippen LogP contribution in [0.25, 0.3) is 0 Å². The van der Waals surface area contributed by atoms with E-state index in [1.54, 1.807) is 51.5 Å². The van der Waals surface area contributed by atoms with Crippen molar-refractivity contribution in [3.05, 3.63) is 48.3 Å². The molecule has 3 rings (SSSR count). The third kappa shape index (κ3) is 4.11. The SMILES string of the molecule is CCOC(=O)C(C)(C)NCC(=O)N1N=C(c2ccco2)CC1c1ccco1. The largest absolute Gasteiger partial charge is 0.467 e. The minimum atomic E-state index is -0.987. The lowest BCUT2D eigenvalue weighted by Crippen LogP contribution is -2.51. The summed E-state index contributed by atoms with van der Waals surface area (Å²) in [4.78, 5) is 24.8. The van der Waals surface area contributed by atoms with E-state index in [9.17, 15) is 9.59 Å². The average Bonchev–Trinajstić information content (AvgIpc) is 3.40. The Morgan fingerprint density at radius 3 is 2.67 bits per heavy atom. The minimum Gasteiger partial charge on any atom is -0.467 e. The molecule has 0 saturated carbocycles. The van der Waals surface area contributed by atoms with Gasteiger partial charge in [0.1, 0.15) is 28.8 Å². The summed E-state index contributed by atoms with van der Waals surface area (Å²) in [5.74, 6) is 0.553. The Morgan fingerprint density at radius 1 is 1.30 bits per heavy atom. The maximum atomic E-state index is 12.8. The van der Waals surface area contributed by atoms with Gasteiger partial charge in [-0.15, -0.1) is 0 Å². The van der Waals surface area contributed by atoms with E-state index in [4.69, 9.17) is 13.6 Å². The van der Waals surface area contributed by atoms with Crippen molar-refractivity contribution >= 4 is 17.6 Å². The highest BCUT2D eigenvalue weighted by atomic mass is 16.5. The topological polar surface area (TPSA) is 97.3 Å². The van der Waals surface area contributed by atoms with Crippen molar-refractivity contribution in [1.29, 1.82) is 0 Å². The molecule has 0 fully saturated rings. The van der Waals surface area contributed by atoms with Crippen LogP contribution in [-0.4, -0.2) is 41.3 Å². The monoisotopic (exact) mass is 373 g/mol. The van der Waals surface area contributed by atoms with Crippen LogP contribution in [-0.2, 0) is 14.3 Å². The number of nitrogens with zero attached hydrogens (tertiary/aromatic N) is 2. The second-order valence-electron chi connectivity index (χ2n) is 6.70. The normalized spacial score (nSPS) is 17.1. The molecule has 0 bridgehead atoms. The third-order valence-electron chi connectivity index (χ3n) is 4.31. The van der Waals surface area contributed by atoms with Crippen molar-refractivity contribution in [2.24, 2.45) is 5.10 Å². The van der Waals surface area contributed by atoms with Gasteiger partial charge in [0.2, 0.25) is 0 Å². The van der Waals surface area contributed by atoms with Gasteiger partial charge in [0, 0.05) is 6.42 Å². The Labute approximate surface area is 157 Å². The molecule has 8 nitrogen and oxygen atoms in total. The number of rotatable bonds is 7. The molecule has 0 spiro atoms. The van der Waals surface area contributed by atoms with Gasteiger partial charge in [0.15, 0.2) is 0 Å². The summed E-state index contributed by atoms with van der Waals surface area (Å²) in [6, 6.07) is 6.79. The van der Waals surface area contributed by atoms with Crippen molar-refractivity contribution in [2.45, 2.75) is 38.8 Å². The van der Waals surface area contributed by atoms with E-state index in [0.29, 0.717) is 23.7 Å². The molecule has 0 aliphatic carbocycles. The van der Waals surface area contributed by atoms with Crippen molar-refractivity contribution in [2.75, 3.05) is 13.2 Å². The third-order valence-corrected chi connectivity index (χ3v) is 4.31. The second kappa shape index (κ2) is 7.79. The van der Waals surface area contributed by atoms with E-state index in [1.165, 1.54) is 5.01 Å². The fraction of sp³-hybridized carbons (Fsp3) is 0.421. The highest BCUT2D eigenvalue weighted by Crippen LogP contribution is 2.33. The van der Waals surface area contributed by atoms with Gasteiger partial charge in [0.25, 0.3) is 5.91 Å².